The molecule has 2 saturated carbocycles. The first-order chi connectivity index (χ1) is 21.5. The molecule has 0 bridgehead atoms. The summed E-state index contributed by atoms with van der Waals surface area (Å²) in [6.45, 7) is 2.20. The van der Waals surface area contributed by atoms with E-state index in [0.29, 0.717) is 41.1 Å². The number of rotatable bonds is 6. The van der Waals surface area contributed by atoms with Crippen molar-refractivity contribution in [2.45, 2.75) is 51.0 Å². The largest absolute Gasteiger partial charge is 0.323 e. The van der Waals surface area contributed by atoms with Crippen LogP contribution in [0.3, 0.4) is 0 Å². The molecule has 220 valence electrons. The minimum absolute atomic E-state index is 0.164. The number of benzene rings is 2. The van der Waals surface area contributed by atoms with Crippen LogP contribution in [0, 0.1) is 12.7 Å². The summed E-state index contributed by atoms with van der Waals surface area (Å²) in [6.07, 6.45) is 7.17. The molecule has 2 fully saturated rings. The Morgan fingerprint density at radius 1 is 1.00 bits per heavy atom. The average molecular weight is 604 g/mol. The molecule has 7 nitrogen and oxygen atoms in total. The van der Waals surface area contributed by atoms with Crippen molar-refractivity contribution in [2.75, 3.05) is 16.8 Å². The van der Waals surface area contributed by atoms with Crippen LogP contribution in [0.1, 0.15) is 74.8 Å². The average Bonchev–Trinajstić information content (AvgIpc) is 3.98. The minimum Gasteiger partial charge on any atom is -0.323 e. The van der Waals surface area contributed by atoms with Gasteiger partial charge in [0.2, 0.25) is 0 Å². The van der Waals surface area contributed by atoms with Crippen molar-refractivity contribution < 1.29 is 14.0 Å². The van der Waals surface area contributed by atoms with E-state index >= 15 is 0 Å². The first-order valence-electron chi connectivity index (χ1n) is 15.1. The first-order valence-corrected chi connectivity index (χ1v) is 15.9. The Hall–Kier alpha value is -4.63. The molecule has 0 unspecified atom stereocenters. The van der Waals surface area contributed by atoms with Crippen LogP contribution in [0.15, 0.2) is 72.9 Å². The number of thiophene rings is 1. The Morgan fingerprint density at radius 3 is 2.61 bits per heavy atom. The number of anilines is 2. The Bertz CT molecular complexity index is 1930. The maximum Gasteiger partial charge on any atom is 0.276 e. The van der Waals surface area contributed by atoms with Crippen LogP contribution in [-0.4, -0.2) is 32.9 Å². The quantitative estimate of drug-likeness (QED) is 0.215. The van der Waals surface area contributed by atoms with Crippen LogP contribution >= 0.6 is 11.3 Å². The van der Waals surface area contributed by atoms with E-state index in [2.05, 4.69) is 9.88 Å². The number of halogens is 1. The second-order valence-corrected chi connectivity index (χ2v) is 12.9. The SMILES string of the molecule is Cc1cccc(F)c1NC(=O)c1cc2c(s1)-c1ccccc1N(C(=O)c1cccc(-c3cnc(C4CC4)n3C3CC3)n1)CC2. The van der Waals surface area contributed by atoms with Gasteiger partial charge in [0.05, 0.1) is 33.8 Å². The van der Waals surface area contributed by atoms with Gasteiger partial charge in [0.1, 0.15) is 17.3 Å². The van der Waals surface area contributed by atoms with Crippen molar-refractivity contribution in [3.63, 3.8) is 0 Å². The van der Waals surface area contributed by atoms with Crippen molar-refractivity contribution in [1.29, 1.82) is 0 Å². The smallest absolute Gasteiger partial charge is 0.276 e. The zero-order valence-corrected chi connectivity index (χ0v) is 25.0. The van der Waals surface area contributed by atoms with E-state index in [9.17, 15) is 14.0 Å². The number of nitrogens with one attached hydrogen (secondary N) is 1. The minimum atomic E-state index is -0.464. The predicted molar refractivity (Wildman–Crippen MR) is 170 cm³/mol. The van der Waals surface area contributed by atoms with E-state index in [0.717, 1.165) is 51.7 Å². The number of para-hydroxylation sites is 2. The molecule has 8 rings (SSSR count). The van der Waals surface area contributed by atoms with Crippen molar-refractivity contribution in [2.24, 2.45) is 0 Å². The number of aromatic nitrogens is 3. The number of nitrogens with zero attached hydrogens (tertiary/aromatic N) is 4. The van der Waals surface area contributed by atoms with Crippen LogP contribution < -0.4 is 10.2 Å². The van der Waals surface area contributed by atoms with Crippen LogP contribution in [0.2, 0.25) is 0 Å². The predicted octanol–water partition coefficient (Wildman–Crippen LogP) is 7.79. The standard InChI is InChI=1S/C35H30FN5O2S/c1-20-6-4-8-25(36)31(20)39-34(42)30-18-22-16-17-40(28-11-3-2-7-24(28)32(22)44-30)35(43)27-10-5-9-26(38-27)29-19-37-33(21-12-13-21)41(29)23-14-15-23/h2-11,18-19,21,23H,12-17H2,1H3,(H,39,42). The van der Waals surface area contributed by atoms with E-state index in [4.69, 9.17) is 9.97 Å². The van der Waals surface area contributed by atoms with Gasteiger partial charge < -0.3 is 14.8 Å². The molecule has 3 aliphatic rings. The summed E-state index contributed by atoms with van der Waals surface area (Å²) in [5.74, 6) is 0.722. The van der Waals surface area contributed by atoms with Gasteiger partial charge in [-0.1, -0.05) is 36.4 Å². The summed E-state index contributed by atoms with van der Waals surface area (Å²) in [6, 6.07) is 20.5. The van der Waals surface area contributed by atoms with E-state index in [1.807, 2.05) is 48.7 Å². The highest BCUT2D eigenvalue weighted by Gasteiger charge is 2.36. The molecule has 44 heavy (non-hydrogen) atoms. The highest BCUT2D eigenvalue weighted by molar-refractivity contribution is 7.17. The summed E-state index contributed by atoms with van der Waals surface area (Å²) in [5, 5.41) is 2.75. The van der Waals surface area contributed by atoms with E-state index in [-0.39, 0.29) is 17.5 Å². The summed E-state index contributed by atoms with van der Waals surface area (Å²) in [7, 11) is 0. The zero-order chi connectivity index (χ0) is 29.9. The number of aryl methyl sites for hydroxylation is 1. The van der Waals surface area contributed by atoms with Gasteiger partial charge in [0, 0.05) is 28.9 Å². The molecule has 9 heteroatoms. The number of fused-ring (bicyclic) bond motifs is 3. The molecule has 2 aliphatic carbocycles. The molecule has 3 aromatic heterocycles. The third-order valence-electron chi connectivity index (χ3n) is 8.69. The van der Waals surface area contributed by atoms with Crippen molar-refractivity contribution in [3.05, 3.63) is 106 Å². The summed E-state index contributed by atoms with van der Waals surface area (Å²) in [4.78, 5) is 40.2. The summed E-state index contributed by atoms with van der Waals surface area (Å²) >= 11 is 1.36. The van der Waals surface area contributed by atoms with Crippen molar-refractivity contribution in [3.8, 4) is 21.8 Å². The van der Waals surface area contributed by atoms with Crippen LogP contribution in [0.4, 0.5) is 15.8 Å². The Labute approximate surface area is 258 Å². The molecule has 0 radical (unpaired) electrons. The Morgan fingerprint density at radius 2 is 1.82 bits per heavy atom. The number of carbonyl (C=O) groups is 2. The van der Waals surface area contributed by atoms with Crippen molar-refractivity contribution in [1.82, 2.24) is 14.5 Å². The van der Waals surface area contributed by atoms with Crippen LogP contribution in [-0.2, 0) is 6.42 Å². The fraction of sp³-hybridized carbons (Fsp3) is 0.257. The molecule has 1 N–H and O–H groups in total. The maximum absolute atomic E-state index is 14.4. The molecule has 0 spiro atoms. The molecule has 2 aromatic carbocycles. The molecule has 5 aromatic rings. The van der Waals surface area contributed by atoms with Gasteiger partial charge in [-0.3, -0.25) is 9.59 Å². The number of imidazole rings is 1. The number of hydrogen-bond donors (Lipinski definition) is 1. The molecule has 2 amide bonds. The second kappa shape index (κ2) is 10.5. The van der Waals surface area contributed by atoms with Crippen molar-refractivity contribution >= 4 is 34.5 Å². The fourth-order valence-corrected chi connectivity index (χ4v) is 7.28. The Balaban J connectivity index is 1.10. The Kier molecular flexibility index (Phi) is 6.45. The van der Waals surface area contributed by atoms with Gasteiger partial charge in [-0.15, -0.1) is 11.3 Å². The van der Waals surface area contributed by atoms with Gasteiger partial charge in [-0.25, -0.2) is 14.4 Å². The topological polar surface area (TPSA) is 80.1 Å². The monoisotopic (exact) mass is 603 g/mol. The van der Waals surface area contributed by atoms with Gasteiger partial charge in [-0.05, 0) is 80.5 Å². The highest BCUT2D eigenvalue weighted by atomic mass is 32.1. The third-order valence-corrected chi connectivity index (χ3v) is 9.90. The van der Waals surface area contributed by atoms with E-state index in [1.165, 1.54) is 30.2 Å². The zero-order valence-electron chi connectivity index (χ0n) is 24.2. The van der Waals surface area contributed by atoms with Gasteiger partial charge >= 0.3 is 0 Å². The third kappa shape index (κ3) is 4.72. The molecular weight excluding hydrogens is 573 g/mol. The summed E-state index contributed by atoms with van der Waals surface area (Å²) in [5.41, 5.74) is 5.64. The van der Waals surface area contributed by atoms with Crippen LogP contribution in [0.25, 0.3) is 21.8 Å². The first kappa shape index (κ1) is 27.0. The molecule has 0 atom stereocenters. The molecule has 4 heterocycles. The molecular formula is C35H30FN5O2S. The molecule has 1 aliphatic heterocycles. The van der Waals surface area contributed by atoms with E-state index < -0.39 is 5.82 Å². The number of pyridine rings is 1. The number of carbonyl (C=O) groups excluding carboxylic acids is 2. The summed E-state index contributed by atoms with van der Waals surface area (Å²) < 4.78 is 16.8. The lowest BCUT2D eigenvalue weighted by Crippen LogP contribution is -2.33. The lowest BCUT2D eigenvalue weighted by molar-refractivity contribution is 0.0981. The number of hydrogen-bond acceptors (Lipinski definition) is 5. The van der Waals surface area contributed by atoms with Crippen LogP contribution in [0.5, 0.6) is 0 Å². The fourth-order valence-electron chi connectivity index (χ4n) is 6.14. The maximum atomic E-state index is 14.4. The van der Waals surface area contributed by atoms with Gasteiger partial charge in [0.15, 0.2) is 0 Å². The lowest BCUT2D eigenvalue weighted by Gasteiger charge is -2.23. The highest BCUT2D eigenvalue weighted by Crippen LogP contribution is 2.47. The second-order valence-electron chi connectivity index (χ2n) is 11.9. The number of amides is 2. The lowest BCUT2D eigenvalue weighted by atomic mass is 10.1. The van der Waals surface area contributed by atoms with E-state index in [1.54, 1.807) is 30.0 Å². The molecule has 0 saturated heterocycles. The van der Waals surface area contributed by atoms with Gasteiger partial charge in [0.25, 0.3) is 11.8 Å². The normalized spacial score (nSPS) is 15.8. The van der Waals surface area contributed by atoms with Gasteiger partial charge in [-0.2, -0.15) is 0 Å².